The summed E-state index contributed by atoms with van der Waals surface area (Å²) in [7, 11) is 0. The first-order valence-corrected chi connectivity index (χ1v) is 3.99. The predicted molar refractivity (Wildman–Crippen MR) is 44.7 cm³/mol. The minimum Gasteiger partial charge on any atom is -0.481 e. The molecule has 0 rings (SSSR count). The van der Waals surface area contributed by atoms with Crippen molar-refractivity contribution in [2.75, 3.05) is 6.54 Å². The van der Waals surface area contributed by atoms with Crippen LogP contribution >= 0.6 is 0 Å². The Hall–Kier alpha value is -0.900. The summed E-state index contributed by atoms with van der Waals surface area (Å²) in [5, 5.41) is 8.28. The van der Waals surface area contributed by atoms with Crippen molar-refractivity contribution in [3.05, 3.63) is 0 Å². The van der Waals surface area contributed by atoms with Gasteiger partial charge in [-0.2, -0.15) is 0 Å². The first-order chi connectivity index (χ1) is 5.56. The lowest BCUT2D eigenvalue weighted by molar-refractivity contribution is -0.138. The largest absolute Gasteiger partial charge is 0.481 e. The van der Waals surface area contributed by atoms with Gasteiger partial charge < -0.3 is 10.8 Å². The van der Waals surface area contributed by atoms with Gasteiger partial charge in [-0.15, -0.1) is 0 Å². The second-order valence-electron chi connectivity index (χ2n) is 2.98. The Kier molecular flexibility index (Phi) is 5.28. The molecule has 0 aliphatic carbocycles. The highest BCUT2D eigenvalue weighted by Crippen LogP contribution is 2.03. The lowest BCUT2D eigenvalue weighted by Crippen LogP contribution is -2.15. The fourth-order valence-corrected chi connectivity index (χ4v) is 0.820. The van der Waals surface area contributed by atoms with Crippen LogP contribution in [-0.4, -0.2) is 23.4 Å². The monoisotopic (exact) mass is 173 g/mol. The first kappa shape index (κ1) is 11.1. The van der Waals surface area contributed by atoms with Crippen LogP contribution in [0.15, 0.2) is 0 Å². The van der Waals surface area contributed by atoms with Crippen molar-refractivity contribution in [2.24, 2.45) is 11.7 Å². The molecule has 0 radical (unpaired) electrons. The fourth-order valence-electron chi connectivity index (χ4n) is 0.820. The van der Waals surface area contributed by atoms with E-state index in [0.29, 0.717) is 13.0 Å². The van der Waals surface area contributed by atoms with E-state index in [1.165, 1.54) is 0 Å². The molecule has 3 N–H and O–H groups in total. The molecule has 0 heterocycles. The SMILES string of the molecule is CC(CN)CC(=O)CCC(=O)O. The summed E-state index contributed by atoms with van der Waals surface area (Å²) in [5.41, 5.74) is 5.31. The Morgan fingerprint density at radius 2 is 2.00 bits per heavy atom. The van der Waals surface area contributed by atoms with E-state index in [1.807, 2.05) is 6.92 Å². The molecule has 0 aromatic rings. The molecule has 0 saturated heterocycles. The number of carboxylic acids is 1. The smallest absolute Gasteiger partial charge is 0.303 e. The normalized spacial score (nSPS) is 12.5. The third-order valence-electron chi connectivity index (χ3n) is 1.60. The van der Waals surface area contributed by atoms with E-state index < -0.39 is 5.97 Å². The van der Waals surface area contributed by atoms with Crippen LogP contribution in [0.25, 0.3) is 0 Å². The third-order valence-corrected chi connectivity index (χ3v) is 1.60. The summed E-state index contributed by atoms with van der Waals surface area (Å²) in [5.74, 6) is -0.787. The molecule has 1 unspecified atom stereocenters. The number of hydrogen-bond acceptors (Lipinski definition) is 3. The number of ketones is 1. The molecule has 1 atom stereocenters. The van der Waals surface area contributed by atoms with Gasteiger partial charge in [-0.25, -0.2) is 0 Å². The standard InChI is InChI=1S/C8H15NO3/c1-6(5-9)4-7(10)2-3-8(11)12/h6H,2-5,9H2,1H3,(H,11,12). The molecule has 4 nitrogen and oxygen atoms in total. The van der Waals surface area contributed by atoms with Gasteiger partial charge in [-0.05, 0) is 12.5 Å². The molecular formula is C8H15NO3. The van der Waals surface area contributed by atoms with Crippen LogP contribution in [0.3, 0.4) is 0 Å². The first-order valence-electron chi connectivity index (χ1n) is 3.99. The van der Waals surface area contributed by atoms with Gasteiger partial charge in [0.15, 0.2) is 0 Å². The van der Waals surface area contributed by atoms with E-state index in [0.717, 1.165) is 0 Å². The molecule has 0 aliphatic heterocycles. The third kappa shape index (κ3) is 5.85. The molecule has 0 aromatic heterocycles. The van der Waals surface area contributed by atoms with Crippen molar-refractivity contribution in [3.8, 4) is 0 Å². The Morgan fingerprint density at radius 3 is 2.42 bits per heavy atom. The van der Waals surface area contributed by atoms with Gasteiger partial charge in [0.05, 0.1) is 6.42 Å². The number of aliphatic carboxylic acids is 1. The van der Waals surface area contributed by atoms with Crippen LogP contribution in [0.4, 0.5) is 0 Å². The van der Waals surface area contributed by atoms with Gasteiger partial charge in [-0.3, -0.25) is 9.59 Å². The van der Waals surface area contributed by atoms with E-state index in [4.69, 9.17) is 10.8 Å². The van der Waals surface area contributed by atoms with E-state index in [1.54, 1.807) is 0 Å². The maximum absolute atomic E-state index is 11.0. The van der Waals surface area contributed by atoms with Gasteiger partial charge >= 0.3 is 5.97 Å². The zero-order valence-electron chi connectivity index (χ0n) is 7.25. The highest BCUT2D eigenvalue weighted by molar-refractivity contribution is 5.82. The number of carboxylic acid groups (broad SMARTS) is 1. The topological polar surface area (TPSA) is 80.4 Å². The Balaban J connectivity index is 3.53. The van der Waals surface area contributed by atoms with E-state index in [2.05, 4.69) is 0 Å². The van der Waals surface area contributed by atoms with Crippen LogP contribution in [0.5, 0.6) is 0 Å². The molecule has 70 valence electrons. The van der Waals surface area contributed by atoms with E-state index in [-0.39, 0.29) is 24.5 Å². The van der Waals surface area contributed by atoms with Gasteiger partial charge in [0.25, 0.3) is 0 Å². The lowest BCUT2D eigenvalue weighted by Gasteiger charge is -2.05. The van der Waals surface area contributed by atoms with Crippen molar-refractivity contribution in [2.45, 2.75) is 26.2 Å². The average molecular weight is 173 g/mol. The maximum atomic E-state index is 11.0. The second-order valence-corrected chi connectivity index (χ2v) is 2.98. The lowest BCUT2D eigenvalue weighted by atomic mass is 10.0. The Morgan fingerprint density at radius 1 is 1.42 bits per heavy atom. The van der Waals surface area contributed by atoms with Crippen molar-refractivity contribution >= 4 is 11.8 Å². The molecule has 0 aliphatic rings. The van der Waals surface area contributed by atoms with Gasteiger partial charge in [0, 0.05) is 12.8 Å². The Bertz CT molecular complexity index is 168. The molecule has 4 heteroatoms. The van der Waals surface area contributed by atoms with Crippen LogP contribution in [0.2, 0.25) is 0 Å². The summed E-state index contributed by atoms with van der Waals surface area (Å²) < 4.78 is 0. The molecule has 0 aromatic carbocycles. The molecule has 0 fully saturated rings. The molecule has 0 saturated carbocycles. The van der Waals surface area contributed by atoms with Crippen LogP contribution in [0.1, 0.15) is 26.2 Å². The Labute approximate surface area is 71.8 Å². The number of carbonyl (C=O) groups is 2. The number of nitrogens with two attached hydrogens (primary N) is 1. The number of rotatable bonds is 6. The van der Waals surface area contributed by atoms with Crippen LogP contribution in [0, 0.1) is 5.92 Å². The summed E-state index contributed by atoms with van der Waals surface area (Å²) >= 11 is 0. The number of Topliss-reactive ketones (excluding diaryl/α,β-unsaturated/α-hetero) is 1. The molecule has 0 bridgehead atoms. The second kappa shape index (κ2) is 5.71. The van der Waals surface area contributed by atoms with Gasteiger partial charge in [0.2, 0.25) is 0 Å². The minimum absolute atomic E-state index is 0.0182. The summed E-state index contributed by atoms with van der Waals surface area (Å²) in [4.78, 5) is 21.1. The average Bonchev–Trinajstić information content (AvgIpc) is 2.00. The van der Waals surface area contributed by atoms with Crippen LogP contribution in [-0.2, 0) is 9.59 Å². The highest BCUT2D eigenvalue weighted by atomic mass is 16.4. The van der Waals surface area contributed by atoms with Crippen molar-refractivity contribution < 1.29 is 14.7 Å². The van der Waals surface area contributed by atoms with Gasteiger partial charge in [-0.1, -0.05) is 6.92 Å². The van der Waals surface area contributed by atoms with Crippen molar-refractivity contribution in [1.82, 2.24) is 0 Å². The molecule has 0 spiro atoms. The highest BCUT2D eigenvalue weighted by Gasteiger charge is 2.08. The zero-order valence-corrected chi connectivity index (χ0v) is 7.25. The van der Waals surface area contributed by atoms with E-state index in [9.17, 15) is 9.59 Å². The summed E-state index contributed by atoms with van der Waals surface area (Å²) in [6.07, 6.45) is 0.444. The minimum atomic E-state index is -0.927. The molecule has 12 heavy (non-hydrogen) atoms. The number of carbonyl (C=O) groups excluding carboxylic acids is 1. The maximum Gasteiger partial charge on any atom is 0.303 e. The molecule has 0 amide bonds. The van der Waals surface area contributed by atoms with E-state index >= 15 is 0 Å². The molecular weight excluding hydrogens is 158 g/mol. The van der Waals surface area contributed by atoms with Crippen LogP contribution < -0.4 is 5.73 Å². The quantitative estimate of drug-likeness (QED) is 0.609. The van der Waals surface area contributed by atoms with Gasteiger partial charge in [0.1, 0.15) is 5.78 Å². The predicted octanol–water partition coefficient (Wildman–Crippen LogP) is 0.405. The summed E-state index contributed by atoms with van der Waals surface area (Å²) in [6, 6.07) is 0. The zero-order chi connectivity index (χ0) is 9.56. The summed E-state index contributed by atoms with van der Waals surface area (Å²) in [6.45, 7) is 2.34. The fraction of sp³-hybridized carbons (Fsp3) is 0.750. The van der Waals surface area contributed by atoms with Crippen molar-refractivity contribution in [1.29, 1.82) is 0 Å². The van der Waals surface area contributed by atoms with Crippen molar-refractivity contribution in [3.63, 3.8) is 0 Å². The number of hydrogen-bond donors (Lipinski definition) is 2.